The molecule has 3 aromatic carbocycles. The van der Waals surface area contributed by atoms with Crippen LogP contribution in [0.5, 0.6) is 5.75 Å². The second-order valence-electron chi connectivity index (χ2n) is 8.95. The van der Waals surface area contributed by atoms with Crippen molar-refractivity contribution >= 4 is 27.8 Å². The van der Waals surface area contributed by atoms with E-state index in [0.717, 1.165) is 32.5 Å². The van der Waals surface area contributed by atoms with Gasteiger partial charge in [0.15, 0.2) is 0 Å². The summed E-state index contributed by atoms with van der Waals surface area (Å²) in [4.78, 5) is 12.9. The summed E-state index contributed by atoms with van der Waals surface area (Å²) < 4.78 is 48.5. The van der Waals surface area contributed by atoms with Crippen LogP contribution in [-0.2, 0) is 14.8 Å². The average molecular weight is 549 g/mol. The van der Waals surface area contributed by atoms with Crippen LogP contribution < -0.4 is 14.5 Å². The smallest absolute Gasteiger partial charge is 0.264 e. The van der Waals surface area contributed by atoms with E-state index in [2.05, 4.69) is 10.5 Å². The molecule has 10 heteroatoms. The van der Waals surface area contributed by atoms with Gasteiger partial charge in [0.2, 0.25) is 0 Å². The van der Waals surface area contributed by atoms with Gasteiger partial charge in [-0.25, -0.2) is 18.2 Å². The van der Waals surface area contributed by atoms with Gasteiger partial charge in [-0.15, -0.1) is 0 Å². The van der Waals surface area contributed by atoms with Crippen molar-refractivity contribution in [1.29, 1.82) is 0 Å². The first kappa shape index (κ1) is 27.6. The Hall–Kier alpha value is -4.44. The molecular weight excluding hydrogens is 519 g/mol. The van der Waals surface area contributed by atoms with Crippen LogP contribution in [0.1, 0.15) is 22.5 Å². The van der Waals surface area contributed by atoms with Gasteiger partial charge in [0.1, 0.15) is 18.1 Å². The zero-order chi connectivity index (χ0) is 28.2. The molecule has 0 saturated heterocycles. The number of carbonyl (C=O) groups is 1. The Labute approximate surface area is 227 Å². The van der Waals surface area contributed by atoms with E-state index in [1.807, 2.05) is 31.4 Å². The number of benzene rings is 3. The molecule has 1 aromatic heterocycles. The third-order valence-electron chi connectivity index (χ3n) is 6.20. The largest absolute Gasteiger partial charge is 0.497 e. The van der Waals surface area contributed by atoms with Crippen molar-refractivity contribution in [3.8, 4) is 11.4 Å². The number of anilines is 1. The van der Waals surface area contributed by atoms with E-state index in [1.165, 1.54) is 37.6 Å². The summed E-state index contributed by atoms with van der Waals surface area (Å²) in [7, 11) is -2.54. The van der Waals surface area contributed by atoms with Crippen LogP contribution in [0.25, 0.3) is 5.69 Å². The maximum atomic E-state index is 13.5. The number of nitrogens with one attached hydrogen (secondary N) is 1. The number of amides is 1. The topological polar surface area (TPSA) is 93.0 Å². The molecule has 4 aromatic rings. The minimum absolute atomic E-state index is 0.0634. The number of ether oxygens (including phenoxy) is 1. The van der Waals surface area contributed by atoms with Crippen molar-refractivity contribution < 1.29 is 22.3 Å². The van der Waals surface area contributed by atoms with Gasteiger partial charge in [-0.2, -0.15) is 5.10 Å². The molecule has 1 amide bonds. The van der Waals surface area contributed by atoms with Gasteiger partial charge in [0.25, 0.3) is 15.9 Å². The predicted octanol–water partition coefficient (Wildman–Crippen LogP) is 4.90. The number of rotatable bonds is 9. The van der Waals surface area contributed by atoms with Crippen LogP contribution in [-0.4, -0.2) is 38.8 Å². The molecule has 0 aliphatic rings. The van der Waals surface area contributed by atoms with Gasteiger partial charge >= 0.3 is 0 Å². The number of aromatic nitrogens is 1. The summed E-state index contributed by atoms with van der Waals surface area (Å²) in [5.41, 5.74) is 6.94. The summed E-state index contributed by atoms with van der Waals surface area (Å²) in [6, 6.07) is 20.8. The lowest BCUT2D eigenvalue weighted by Crippen LogP contribution is -2.39. The number of hydrazone groups is 1. The molecule has 0 atom stereocenters. The molecule has 4 rings (SSSR count). The van der Waals surface area contributed by atoms with Crippen molar-refractivity contribution in [2.24, 2.45) is 5.10 Å². The van der Waals surface area contributed by atoms with E-state index >= 15 is 0 Å². The summed E-state index contributed by atoms with van der Waals surface area (Å²) in [6.07, 6.45) is 1.49. The number of nitrogens with zero attached hydrogens (tertiary/aromatic N) is 3. The van der Waals surface area contributed by atoms with Crippen LogP contribution in [0, 0.1) is 26.6 Å². The Balaban J connectivity index is 1.55. The molecule has 0 unspecified atom stereocenters. The number of halogens is 1. The van der Waals surface area contributed by atoms with E-state index < -0.39 is 22.5 Å². The summed E-state index contributed by atoms with van der Waals surface area (Å²) >= 11 is 0. The molecule has 0 aliphatic carbocycles. The first-order valence-electron chi connectivity index (χ1n) is 12.1. The fourth-order valence-corrected chi connectivity index (χ4v) is 5.57. The molecule has 1 N–H and O–H groups in total. The van der Waals surface area contributed by atoms with Gasteiger partial charge in [-0.1, -0.05) is 17.7 Å². The SMILES string of the molecule is COc1ccc(N(CC(=O)N/N=C\c2cc(C)n(-c3ccc(F)cc3)c2C)S(=O)(=O)c2ccc(C)cc2)cc1. The third-order valence-corrected chi connectivity index (χ3v) is 7.99. The molecular formula is C29H29FN4O4S. The van der Waals surface area contributed by atoms with Gasteiger partial charge in [0.05, 0.1) is 23.9 Å². The number of methoxy groups -OCH3 is 1. The zero-order valence-electron chi connectivity index (χ0n) is 22.1. The Morgan fingerprint density at radius 2 is 1.64 bits per heavy atom. The maximum Gasteiger partial charge on any atom is 0.264 e. The number of sulfonamides is 1. The van der Waals surface area contributed by atoms with Gasteiger partial charge in [0, 0.05) is 22.6 Å². The van der Waals surface area contributed by atoms with Crippen molar-refractivity contribution in [1.82, 2.24) is 9.99 Å². The quantitative estimate of drug-likeness (QED) is 0.238. The summed E-state index contributed by atoms with van der Waals surface area (Å²) in [6.45, 7) is 5.17. The fourth-order valence-electron chi connectivity index (χ4n) is 4.15. The maximum absolute atomic E-state index is 13.5. The van der Waals surface area contributed by atoms with Crippen LogP contribution >= 0.6 is 0 Å². The number of carbonyl (C=O) groups excluding carboxylic acids is 1. The number of hydrogen-bond acceptors (Lipinski definition) is 5. The third kappa shape index (κ3) is 6.18. The highest BCUT2D eigenvalue weighted by atomic mass is 32.2. The highest BCUT2D eigenvalue weighted by Gasteiger charge is 2.27. The first-order valence-corrected chi connectivity index (χ1v) is 13.5. The predicted molar refractivity (Wildman–Crippen MR) is 150 cm³/mol. The van der Waals surface area contributed by atoms with E-state index in [4.69, 9.17) is 4.74 Å². The second-order valence-corrected chi connectivity index (χ2v) is 10.8. The lowest BCUT2D eigenvalue weighted by atomic mass is 10.2. The minimum Gasteiger partial charge on any atom is -0.497 e. The standard InChI is InChI=1S/C29H29FN4O4S/c1-20-5-15-28(16-6-20)39(36,37)33(25-11-13-27(38-4)14-12-25)19-29(35)32-31-18-23-17-21(2)34(22(23)3)26-9-7-24(30)8-10-26/h5-18H,19H2,1-4H3,(H,32,35)/b31-18-. The van der Waals surface area contributed by atoms with Crippen LogP contribution in [0.2, 0.25) is 0 Å². The monoisotopic (exact) mass is 548 g/mol. The fraction of sp³-hybridized carbons (Fsp3) is 0.172. The van der Waals surface area contributed by atoms with E-state index in [-0.39, 0.29) is 10.7 Å². The molecule has 0 fully saturated rings. The molecule has 0 spiro atoms. The van der Waals surface area contributed by atoms with Gasteiger partial charge in [-0.3, -0.25) is 9.10 Å². The van der Waals surface area contributed by atoms with Crippen molar-refractivity contribution in [3.63, 3.8) is 0 Å². The Kier molecular flexibility index (Phi) is 8.15. The Morgan fingerprint density at radius 1 is 1.00 bits per heavy atom. The van der Waals surface area contributed by atoms with Crippen LogP contribution in [0.4, 0.5) is 10.1 Å². The first-order chi connectivity index (χ1) is 18.6. The molecule has 0 aliphatic heterocycles. The normalized spacial score (nSPS) is 11.5. The van der Waals surface area contributed by atoms with Crippen molar-refractivity contribution in [2.45, 2.75) is 25.7 Å². The molecule has 0 bridgehead atoms. The second kappa shape index (κ2) is 11.5. The Morgan fingerprint density at radius 3 is 2.26 bits per heavy atom. The number of hydrogen-bond donors (Lipinski definition) is 1. The lowest BCUT2D eigenvalue weighted by molar-refractivity contribution is -0.119. The molecule has 0 radical (unpaired) electrons. The molecule has 1 heterocycles. The van der Waals surface area contributed by atoms with Crippen LogP contribution in [0.3, 0.4) is 0 Å². The van der Waals surface area contributed by atoms with E-state index in [0.29, 0.717) is 11.4 Å². The van der Waals surface area contributed by atoms with E-state index in [9.17, 15) is 17.6 Å². The zero-order valence-corrected chi connectivity index (χ0v) is 22.9. The molecule has 202 valence electrons. The summed E-state index contributed by atoms with van der Waals surface area (Å²) in [5.74, 6) is -0.386. The van der Waals surface area contributed by atoms with Gasteiger partial charge in [-0.05, 0) is 87.5 Å². The molecule has 0 saturated carbocycles. The van der Waals surface area contributed by atoms with Gasteiger partial charge < -0.3 is 9.30 Å². The van der Waals surface area contributed by atoms with Crippen LogP contribution in [0.15, 0.2) is 88.9 Å². The highest BCUT2D eigenvalue weighted by Crippen LogP contribution is 2.26. The molecule has 8 nitrogen and oxygen atoms in total. The lowest BCUT2D eigenvalue weighted by Gasteiger charge is -2.24. The Bertz CT molecular complexity index is 1590. The average Bonchev–Trinajstić information content (AvgIpc) is 3.20. The van der Waals surface area contributed by atoms with Crippen molar-refractivity contribution in [2.75, 3.05) is 18.0 Å². The van der Waals surface area contributed by atoms with Crippen molar-refractivity contribution in [3.05, 3.63) is 107 Å². The highest BCUT2D eigenvalue weighted by molar-refractivity contribution is 7.92. The minimum atomic E-state index is -4.06. The summed E-state index contributed by atoms with van der Waals surface area (Å²) in [5, 5.41) is 4.07. The molecule has 39 heavy (non-hydrogen) atoms. The van der Waals surface area contributed by atoms with E-state index in [1.54, 1.807) is 48.5 Å². The number of aryl methyl sites for hydroxylation is 2.